The Morgan fingerprint density at radius 1 is 1.30 bits per heavy atom. The number of halogens is 4. The third-order valence-corrected chi connectivity index (χ3v) is 3.76. The lowest BCUT2D eigenvalue weighted by Crippen LogP contribution is -2.48. The van der Waals surface area contributed by atoms with Crippen molar-refractivity contribution in [3.63, 3.8) is 0 Å². The van der Waals surface area contributed by atoms with Crippen LogP contribution in [0.25, 0.3) is 0 Å². The summed E-state index contributed by atoms with van der Waals surface area (Å²) in [6.07, 6.45) is -1.04. The Morgan fingerprint density at radius 3 is 2.35 bits per heavy atom. The van der Waals surface area contributed by atoms with Crippen molar-refractivity contribution in [3.05, 3.63) is 34.3 Å². The molecule has 1 aromatic carbocycles. The van der Waals surface area contributed by atoms with Crippen LogP contribution in [0.15, 0.2) is 28.7 Å². The minimum Gasteiger partial charge on any atom is -0.380 e. The van der Waals surface area contributed by atoms with Gasteiger partial charge in [0.15, 0.2) is 5.60 Å². The standard InChI is InChI=1S/C15H16BrF3O/c1-4-8-14(20,15(17,18)19)10-13(2,3)11-6-5-7-12(16)9-11/h1,5-7,9,20H,8,10H2,2-3H3. The molecule has 20 heavy (non-hydrogen) atoms. The van der Waals surface area contributed by atoms with Gasteiger partial charge in [-0.2, -0.15) is 13.2 Å². The van der Waals surface area contributed by atoms with Crippen molar-refractivity contribution >= 4 is 15.9 Å². The molecule has 0 radical (unpaired) electrons. The summed E-state index contributed by atoms with van der Waals surface area (Å²) in [6.45, 7) is 3.31. The molecule has 0 bridgehead atoms. The van der Waals surface area contributed by atoms with Crippen LogP contribution in [-0.2, 0) is 5.41 Å². The Kier molecular flexibility index (Phi) is 4.94. The minimum absolute atomic E-state index is 0.496. The summed E-state index contributed by atoms with van der Waals surface area (Å²) in [5.41, 5.74) is -3.05. The van der Waals surface area contributed by atoms with Crippen LogP contribution in [0.1, 0.15) is 32.3 Å². The number of aliphatic hydroxyl groups is 1. The number of hydrogen-bond donors (Lipinski definition) is 1. The highest BCUT2D eigenvalue weighted by Gasteiger charge is 2.55. The average Bonchev–Trinajstić information content (AvgIpc) is 2.27. The lowest BCUT2D eigenvalue weighted by molar-refractivity contribution is -0.264. The van der Waals surface area contributed by atoms with Gasteiger partial charge in [0.25, 0.3) is 0 Å². The van der Waals surface area contributed by atoms with Crippen LogP contribution in [0.4, 0.5) is 13.2 Å². The maximum atomic E-state index is 13.1. The van der Waals surface area contributed by atoms with Gasteiger partial charge < -0.3 is 5.11 Å². The molecule has 110 valence electrons. The first-order chi connectivity index (χ1) is 9.02. The van der Waals surface area contributed by atoms with Gasteiger partial charge in [0.2, 0.25) is 0 Å². The molecule has 0 heterocycles. The van der Waals surface area contributed by atoms with Crippen LogP contribution in [0, 0.1) is 12.3 Å². The number of terminal acetylenes is 1. The molecule has 0 aromatic heterocycles. The fraction of sp³-hybridized carbons (Fsp3) is 0.467. The lowest BCUT2D eigenvalue weighted by atomic mass is 9.74. The molecule has 0 aliphatic heterocycles. The smallest absolute Gasteiger partial charge is 0.380 e. The van der Waals surface area contributed by atoms with E-state index in [0.717, 1.165) is 4.47 Å². The van der Waals surface area contributed by atoms with Gasteiger partial charge >= 0.3 is 6.18 Å². The fourth-order valence-corrected chi connectivity index (χ4v) is 2.57. The predicted octanol–water partition coefficient (Wildman–Crippen LogP) is 4.43. The second kappa shape index (κ2) is 5.79. The van der Waals surface area contributed by atoms with Crippen molar-refractivity contribution in [2.75, 3.05) is 0 Å². The SMILES string of the molecule is C#CCC(O)(CC(C)(C)c1cccc(Br)c1)C(F)(F)F. The molecule has 5 heteroatoms. The molecule has 0 aliphatic carbocycles. The normalized spacial score (nSPS) is 15.5. The summed E-state index contributed by atoms with van der Waals surface area (Å²) < 4.78 is 40.0. The Bertz CT molecular complexity index is 517. The summed E-state index contributed by atoms with van der Waals surface area (Å²) >= 11 is 3.29. The number of benzene rings is 1. The van der Waals surface area contributed by atoms with Crippen molar-refractivity contribution in [2.24, 2.45) is 0 Å². The van der Waals surface area contributed by atoms with Crippen LogP contribution in [0.3, 0.4) is 0 Å². The van der Waals surface area contributed by atoms with Crippen molar-refractivity contribution in [2.45, 2.75) is 43.9 Å². The third kappa shape index (κ3) is 3.77. The molecule has 0 saturated carbocycles. The average molecular weight is 349 g/mol. The summed E-state index contributed by atoms with van der Waals surface area (Å²) in [4.78, 5) is 0. The maximum Gasteiger partial charge on any atom is 0.418 e. The topological polar surface area (TPSA) is 20.2 Å². The highest BCUT2D eigenvalue weighted by Crippen LogP contribution is 2.43. The molecule has 1 N–H and O–H groups in total. The van der Waals surface area contributed by atoms with Gasteiger partial charge in [-0.3, -0.25) is 0 Å². The minimum atomic E-state index is -4.76. The number of rotatable bonds is 4. The molecule has 0 fully saturated rings. The zero-order valence-corrected chi connectivity index (χ0v) is 12.8. The van der Waals surface area contributed by atoms with Gasteiger partial charge in [-0.15, -0.1) is 12.3 Å². The van der Waals surface area contributed by atoms with E-state index < -0.39 is 30.0 Å². The van der Waals surface area contributed by atoms with E-state index in [4.69, 9.17) is 6.42 Å². The van der Waals surface area contributed by atoms with Crippen LogP contribution >= 0.6 is 15.9 Å². The van der Waals surface area contributed by atoms with Crippen molar-refractivity contribution < 1.29 is 18.3 Å². The first kappa shape index (κ1) is 17.1. The molecule has 0 aliphatic rings. The highest BCUT2D eigenvalue weighted by molar-refractivity contribution is 9.10. The van der Waals surface area contributed by atoms with Gasteiger partial charge in [-0.05, 0) is 29.5 Å². The molecule has 1 unspecified atom stereocenters. The van der Waals surface area contributed by atoms with Gasteiger partial charge in [0, 0.05) is 10.9 Å². The van der Waals surface area contributed by atoms with E-state index in [-0.39, 0.29) is 0 Å². The number of alkyl halides is 3. The molecule has 1 rings (SSSR count). The summed E-state index contributed by atoms with van der Waals surface area (Å²) in [5.74, 6) is 1.92. The van der Waals surface area contributed by atoms with Gasteiger partial charge in [0.1, 0.15) is 0 Å². The van der Waals surface area contributed by atoms with Crippen LogP contribution in [0.2, 0.25) is 0 Å². The van der Waals surface area contributed by atoms with E-state index in [1.54, 1.807) is 38.1 Å². The van der Waals surface area contributed by atoms with E-state index >= 15 is 0 Å². The summed E-state index contributed by atoms with van der Waals surface area (Å²) in [6, 6.07) is 7.01. The Morgan fingerprint density at radius 2 is 1.90 bits per heavy atom. The summed E-state index contributed by atoms with van der Waals surface area (Å²) in [5, 5.41) is 9.93. The predicted molar refractivity (Wildman–Crippen MR) is 76.2 cm³/mol. The molecule has 1 nitrogen and oxygen atoms in total. The molecule has 0 spiro atoms. The Labute approximate surface area is 125 Å². The van der Waals surface area contributed by atoms with Gasteiger partial charge in [-0.25, -0.2) is 0 Å². The van der Waals surface area contributed by atoms with Crippen molar-refractivity contribution in [3.8, 4) is 12.3 Å². The third-order valence-electron chi connectivity index (χ3n) is 3.26. The zero-order valence-electron chi connectivity index (χ0n) is 11.3. The molecule has 1 aromatic rings. The highest BCUT2D eigenvalue weighted by atomic mass is 79.9. The van der Waals surface area contributed by atoms with Crippen LogP contribution in [-0.4, -0.2) is 16.9 Å². The first-order valence-corrected chi connectivity index (χ1v) is 6.80. The fourth-order valence-electron chi connectivity index (χ4n) is 2.17. The molecule has 0 amide bonds. The van der Waals surface area contributed by atoms with E-state index in [1.807, 2.05) is 5.92 Å². The lowest BCUT2D eigenvalue weighted by Gasteiger charge is -2.37. The molecular formula is C15H16BrF3O. The van der Waals surface area contributed by atoms with Crippen molar-refractivity contribution in [1.82, 2.24) is 0 Å². The number of hydrogen-bond acceptors (Lipinski definition) is 1. The Hall–Kier alpha value is -0.990. The largest absolute Gasteiger partial charge is 0.418 e. The molecule has 0 saturated heterocycles. The second-order valence-electron chi connectivity index (χ2n) is 5.48. The molecular weight excluding hydrogens is 333 g/mol. The maximum absolute atomic E-state index is 13.1. The van der Waals surface area contributed by atoms with E-state index in [2.05, 4.69) is 15.9 Å². The second-order valence-corrected chi connectivity index (χ2v) is 6.40. The van der Waals surface area contributed by atoms with E-state index in [0.29, 0.717) is 5.56 Å². The van der Waals surface area contributed by atoms with Crippen molar-refractivity contribution in [1.29, 1.82) is 0 Å². The monoisotopic (exact) mass is 348 g/mol. The molecule has 1 atom stereocenters. The first-order valence-electron chi connectivity index (χ1n) is 6.00. The summed E-state index contributed by atoms with van der Waals surface area (Å²) in [7, 11) is 0. The Balaban J connectivity index is 3.13. The van der Waals surface area contributed by atoms with Crippen LogP contribution < -0.4 is 0 Å². The van der Waals surface area contributed by atoms with Gasteiger partial charge in [0.05, 0.1) is 0 Å². The van der Waals surface area contributed by atoms with Gasteiger partial charge in [-0.1, -0.05) is 41.9 Å². The van der Waals surface area contributed by atoms with E-state index in [9.17, 15) is 18.3 Å². The quantitative estimate of drug-likeness (QED) is 0.798. The van der Waals surface area contributed by atoms with Crippen LogP contribution in [0.5, 0.6) is 0 Å². The zero-order chi connectivity index (χ0) is 15.6. The van der Waals surface area contributed by atoms with E-state index in [1.165, 1.54) is 0 Å².